The van der Waals surface area contributed by atoms with Gasteiger partial charge in [0, 0.05) is 36.6 Å². The molecule has 0 aliphatic heterocycles. The second-order valence-electron chi connectivity index (χ2n) is 10.8. The number of esters is 1. The van der Waals surface area contributed by atoms with E-state index < -0.39 is 16.9 Å². The van der Waals surface area contributed by atoms with Crippen LogP contribution in [-0.2, 0) is 4.74 Å². The molecule has 7 aliphatic carbocycles. The van der Waals surface area contributed by atoms with E-state index in [1.54, 1.807) is 6.20 Å². The van der Waals surface area contributed by atoms with E-state index >= 15 is 8.78 Å². The highest BCUT2D eigenvalue weighted by atomic mass is 19.2. The van der Waals surface area contributed by atoms with E-state index in [2.05, 4.69) is 10.3 Å². The van der Waals surface area contributed by atoms with Gasteiger partial charge in [-0.15, -0.1) is 0 Å². The summed E-state index contributed by atoms with van der Waals surface area (Å²) < 4.78 is 36.2. The van der Waals surface area contributed by atoms with E-state index in [1.165, 1.54) is 0 Å². The number of nitrogens with one attached hydrogen (secondary N) is 1. The molecule has 162 valence electrons. The third-order valence-electron chi connectivity index (χ3n) is 8.51. The van der Waals surface area contributed by atoms with E-state index in [0.717, 1.165) is 49.0 Å². The Balaban J connectivity index is 1.41. The number of carbonyl (C=O) groups is 1. The van der Waals surface area contributed by atoms with Gasteiger partial charge in [-0.1, -0.05) is 0 Å². The molecule has 1 heterocycles. The summed E-state index contributed by atoms with van der Waals surface area (Å²) in [7, 11) is 0. The highest BCUT2D eigenvalue weighted by molar-refractivity contribution is 5.92. The minimum Gasteiger partial charge on any atom is -0.462 e. The van der Waals surface area contributed by atoms with Crippen LogP contribution >= 0.6 is 0 Å². The van der Waals surface area contributed by atoms with E-state index in [0.29, 0.717) is 49.7 Å². The quantitative estimate of drug-likeness (QED) is 0.651. The van der Waals surface area contributed by atoms with Crippen molar-refractivity contribution in [3.8, 4) is 0 Å². The lowest BCUT2D eigenvalue weighted by molar-refractivity contribution is -0.137. The van der Waals surface area contributed by atoms with Gasteiger partial charge >= 0.3 is 5.97 Å². The third-order valence-corrected chi connectivity index (χ3v) is 8.51. The molecule has 6 heteroatoms. The number of ether oxygens (including phenoxy) is 1. The van der Waals surface area contributed by atoms with Crippen LogP contribution in [0.15, 0.2) is 6.20 Å². The summed E-state index contributed by atoms with van der Waals surface area (Å²) in [6.45, 7) is 2.15. The molecule has 1 aromatic heterocycles. The Morgan fingerprint density at radius 1 is 1.07 bits per heavy atom. The Morgan fingerprint density at radius 2 is 1.70 bits per heavy atom. The van der Waals surface area contributed by atoms with Crippen LogP contribution in [0.2, 0.25) is 0 Å². The summed E-state index contributed by atoms with van der Waals surface area (Å²) in [5.41, 5.74) is -0.564. The standard InChI is InChI=1S/C24H30F2N2O2/c1-2-30-21(29)17-10-27-20(19-16-5-3-15(4-6-16)18(17)19)28-24-9-14-7-22(25,12-24)11-23(26,8-14)13-24/h10,14-16H,2-9,11-13H2,1H3,(H,27,28). The van der Waals surface area contributed by atoms with Crippen molar-refractivity contribution in [2.75, 3.05) is 11.9 Å². The van der Waals surface area contributed by atoms with Crippen molar-refractivity contribution in [2.45, 2.75) is 99.8 Å². The first-order chi connectivity index (χ1) is 14.3. The highest BCUT2D eigenvalue weighted by Crippen LogP contribution is 2.63. The number of carbonyl (C=O) groups excluding carboxylic acids is 1. The van der Waals surface area contributed by atoms with Crippen molar-refractivity contribution in [1.82, 2.24) is 4.98 Å². The van der Waals surface area contributed by atoms with Crippen LogP contribution in [0.4, 0.5) is 14.6 Å². The number of pyridine rings is 1. The molecular weight excluding hydrogens is 386 g/mol. The number of alkyl halides is 2. The van der Waals surface area contributed by atoms with Crippen LogP contribution in [0.25, 0.3) is 0 Å². The van der Waals surface area contributed by atoms with Crippen LogP contribution in [0.1, 0.15) is 104 Å². The summed E-state index contributed by atoms with van der Waals surface area (Å²) in [5.74, 6) is 1.28. The van der Waals surface area contributed by atoms with E-state index in [9.17, 15) is 4.79 Å². The van der Waals surface area contributed by atoms with Crippen molar-refractivity contribution in [3.05, 3.63) is 22.9 Å². The fourth-order valence-corrected chi connectivity index (χ4v) is 8.13. The van der Waals surface area contributed by atoms with Crippen LogP contribution in [0, 0.1) is 5.92 Å². The molecule has 8 rings (SSSR count). The molecule has 4 nitrogen and oxygen atoms in total. The molecule has 6 bridgehead atoms. The van der Waals surface area contributed by atoms with Gasteiger partial charge < -0.3 is 10.1 Å². The van der Waals surface area contributed by atoms with Gasteiger partial charge in [-0.25, -0.2) is 18.6 Å². The van der Waals surface area contributed by atoms with Crippen molar-refractivity contribution >= 4 is 11.8 Å². The zero-order valence-corrected chi connectivity index (χ0v) is 17.6. The molecule has 5 saturated carbocycles. The average Bonchev–Trinajstić information content (AvgIpc) is 2.66. The molecule has 2 atom stereocenters. The molecule has 0 amide bonds. The van der Waals surface area contributed by atoms with Crippen molar-refractivity contribution in [1.29, 1.82) is 0 Å². The Hall–Kier alpha value is -1.72. The second kappa shape index (κ2) is 6.17. The van der Waals surface area contributed by atoms with Gasteiger partial charge in [0.2, 0.25) is 0 Å². The number of fused-ring (bicyclic) bond motifs is 2. The Labute approximate surface area is 176 Å². The zero-order chi connectivity index (χ0) is 20.7. The maximum atomic E-state index is 15.5. The first-order valence-corrected chi connectivity index (χ1v) is 11.7. The zero-order valence-electron chi connectivity index (χ0n) is 17.6. The fourth-order valence-electron chi connectivity index (χ4n) is 8.13. The van der Waals surface area contributed by atoms with E-state index in [-0.39, 0.29) is 18.3 Å². The second-order valence-corrected chi connectivity index (χ2v) is 10.8. The normalized spacial score (nSPS) is 42.8. The number of nitrogens with zero attached hydrogens (tertiary/aromatic N) is 1. The van der Waals surface area contributed by atoms with E-state index in [4.69, 9.17) is 4.74 Å². The van der Waals surface area contributed by atoms with Crippen LogP contribution in [0.5, 0.6) is 0 Å². The molecule has 2 unspecified atom stereocenters. The lowest BCUT2D eigenvalue weighted by atomic mass is 9.50. The first kappa shape index (κ1) is 19.0. The molecule has 30 heavy (non-hydrogen) atoms. The van der Waals surface area contributed by atoms with Gasteiger partial charge in [-0.05, 0) is 75.2 Å². The molecule has 5 fully saturated rings. The van der Waals surface area contributed by atoms with Gasteiger partial charge in [-0.3, -0.25) is 0 Å². The lowest BCUT2D eigenvalue weighted by Gasteiger charge is -2.61. The monoisotopic (exact) mass is 416 g/mol. The van der Waals surface area contributed by atoms with Crippen molar-refractivity contribution in [2.24, 2.45) is 5.92 Å². The predicted octanol–water partition coefficient (Wildman–Crippen LogP) is 5.58. The van der Waals surface area contributed by atoms with Gasteiger partial charge in [0.15, 0.2) is 0 Å². The number of hydrogen-bond donors (Lipinski definition) is 1. The summed E-state index contributed by atoms with van der Waals surface area (Å²) in [6, 6.07) is 0. The summed E-state index contributed by atoms with van der Waals surface area (Å²) in [4.78, 5) is 17.3. The SMILES string of the molecule is CCOC(=O)c1cnc(NC23CC4CC(F)(CC(F)(C4)C2)C3)c2c1C1CCC2CC1. The van der Waals surface area contributed by atoms with Gasteiger partial charge in [0.05, 0.1) is 12.2 Å². The van der Waals surface area contributed by atoms with Crippen LogP contribution in [0.3, 0.4) is 0 Å². The minimum absolute atomic E-state index is 0.0535. The lowest BCUT2D eigenvalue weighted by Crippen LogP contribution is -2.65. The number of hydrogen-bond acceptors (Lipinski definition) is 4. The first-order valence-electron chi connectivity index (χ1n) is 11.7. The van der Waals surface area contributed by atoms with Crippen LogP contribution in [-0.4, -0.2) is 34.4 Å². The molecule has 7 aliphatic rings. The fraction of sp³-hybridized carbons (Fsp3) is 0.750. The molecule has 0 saturated heterocycles. The number of rotatable bonds is 4. The van der Waals surface area contributed by atoms with Crippen molar-refractivity contribution < 1.29 is 18.3 Å². The molecule has 1 aromatic rings. The smallest absolute Gasteiger partial charge is 0.339 e. The highest BCUT2D eigenvalue weighted by Gasteiger charge is 2.65. The summed E-state index contributed by atoms with van der Waals surface area (Å²) in [5, 5.41) is 3.60. The average molecular weight is 417 g/mol. The van der Waals surface area contributed by atoms with Gasteiger partial charge in [0.25, 0.3) is 0 Å². The maximum Gasteiger partial charge on any atom is 0.339 e. The number of aromatic nitrogens is 1. The third kappa shape index (κ3) is 2.74. The van der Waals surface area contributed by atoms with Crippen molar-refractivity contribution in [3.63, 3.8) is 0 Å². The Bertz CT molecular complexity index is 893. The number of anilines is 1. The molecular formula is C24H30F2N2O2. The molecule has 1 N–H and O–H groups in total. The van der Waals surface area contributed by atoms with E-state index in [1.807, 2.05) is 6.92 Å². The predicted molar refractivity (Wildman–Crippen MR) is 109 cm³/mol. The van der Waals surface area contributed by atoms with Gasteiger partial charge in [-0.2, -0.15) is 0 Å². The molecule has 0 radical (unpaired) electrons. The van der Waals surface area contributed by atoms with Crippen LogP contribution < -0.4 is 5.32 Å². The number of halogens is 2. The Kier molecular flexibility index (Phi) is 3.91. The molecule has 0 spiro atoms. The van der Waals surface area contributed by atoms with Gasteiger partial charge in [0.1, 0.15) is 17.2 Å². The maximum absolute atomic E-state index is 15.5. The largest absolute Gasteiger partial charge is 0.462 e. The summed E-state index contributed by atoms with van der Waals surface area (Å²) in [6.07, 6.45) is 8.60. The minimum atomic E-state index is -1.40. The molecule has 0 aromatic carbocycles. The summed E-state index contributed by atoms with van der Waals surface area (Å²) >= 11 is 0. The Morgan fingerprint density at radius 3 is 2.30 bits per heavy atom. The topological polar surface area (TPSA) is 51.2 Å².